The summed E-state index contributed by atoms with van der Waals surface area (Å²) in [6.07, 6.45) is 7.02. The molecular weight excluding hydrogens is 1150 g/mol. The first kappa shape index (κ1) is 66.5. The molecule has 2 atom stereocenters. The number of nitrogens with one attached hydrogen (secondary N) is 3. The molecule has 4 saturated heterocycles. The molecule has 2 aromatic heterocycles. The van der Waals surface area contributed by atoms with E-state index in [0.29, 0.717) is 72.6 Å². The van der Waals surface area contributed by atoms with E-state index < -0.39 is 65.2 Å². The predicted octanol–water partition coefficient (Wildman–Crippen LogP) is 8.25. The topological polar surface area (TPSA) is 233 Å². The molecule has 4 aromatic rings. The van der Waals surface area contributed by atoms with Crippen LogP contribution < -0.4 is 38.9 Å². The highest BCUT2D eigenvalue weighted by molar-refractivity contribution is 7.90. The molecule has 5 N–H and O–H groups in total. The largest absolute Gasteiger partial charge is 0.475 e. The zero-order valence-corrected chi connectivity index (χ0v) is 50.6. The molecule has 18 nitrogen and oxygen atoms in total. The summed E-state index contributed by atoms with van der Waals surface area (Å²) in [7, 11) is -8.58. The third-order valence-electron chi connectivity index (χ3n) is 15.1. The molecule has 6 fully saturated rings. The second-order valence-electron chi connectivity index (χ2n) is 23.3. The number of nitrogens with zero attached hydrogens (tertiary/aromatic N) is 5. The second kappa shape index (κ2) is 25.7. The zero-order chi connectivity index (χ0) is 55.8. The summed E-state index contributed by atoms with van der Waals surface area (Å²) in [6.45, 7) is 18.6. The quantitative estimate of drug-likeness (QED) is 0.0793. The Kier molecular flexibility index (Phi) is 21.3. The number of amides is 2. The van der Waals surface area contributed by atoms with Crippen LogP contribution in [0.1, 0.15) is 113 Å². The molecule has 0 radical (unpaired) electrons. The van der Waals surface area contributed by atoms with Crippen molar-refractivity contribution in [1.29, 1.82) is 0 Å². The number of hydrogen-bond donors (Lipinski definition) is 5. The third-order valence-corrected chi connectivity index (χ3v) is 18.1. The predicted molar refractivity (Wildman–Crippen MR) is 321 cm³/mol. The van der Waals surface area contributed by atoms with Gasteiger partial charge in [-0.25, -0.2) is 19.4 Å². The van der Waals surface area contributed by atoms with Gasteiger partial charge in [-0.3, -0.25) is 9.59 Å². The van der Waals surface area contributed by atoms with E-state index in [2.05, 4.69) is 57.5 Å². The lowest BCUT2D eigenvalue weighted by Gasteiger charge is -2.39. The lowest BCUT2D eigenvalue weighted by atomic mass is 9.82. The van der Waals surface area contributed by atoms with Crippen LogP contribution in [0.4, 0.5) is 21.6 Å². The minimum atomic E-state index is -4.34. The highest BCUT2D eigenvalue weighted by Crippen LogP contribution is 2.47. The maximum Gasteiger partial charge on any atom is 0.281 e. The monoisotopic (exact) mass is 1230 g/mol. The van der Waals surface area contributed by atoms with Gasteiger partial charge in [0.1, 0.15) is 17.3 Å². The van der Waals surface area contributed by atoms with Crippen LogP contribution in [0.3, 0.4) is 0 Å². The van der Waals surface area contributed by atoms with Gasteiger partial charge in [0.15, 0.2) is 21.3 Å². The molecule has 10 rings (SSSR count). The Morgan fingerprint density at radius 1 is 0.600 bits per heavy atom. The fraction of sp³-hybridized carbons (Fsp3) is 0.564. The number of halogens is 3. The van der Waals surface area contributed by atoms with Crippen molar-refractivity contribution in [2.24, 2.45) is 10.8 Å². The van der Waals surface area contributed by atoms with Gasteiger partial charge < -0.3 is 39.7 Å². The van der Waals surface area contributed by atoms with Gasteiger partial charge in [0.25, 0.3) is 31.9 Å². The molecule has 6 heterocycles. The number of anilines is 3. The number of sulfonamides is 2. The summed E-state index contributed by atoms with van der Waals surface area (Å²) in [5, 5.41) is 22.6. The fourth-order valence-corrected chi connectivity index (χ4v) is 11.8. The van der Waals surface area contributed by atoms with Crippen LogP contribution in [-0.2, 0) is 29.6 Å². The lowest BCUT2D eigenvalue weighted by molar-refractivity contribution is -0.128. The molecule has 444 valence electrons. The number of ether oxygens (including phenoxy) is 2. The van der Waals surface area contributed by atoms with Gasteiger partial charge in [0.05, 0.1) is 22.6 Å². The van der Waals surface area contributed by atoms with E-state index in [9.17, 15) is 35.9 Å². The van der Waals surface area contributed by atoms with Crippen molar-refractivity contribution in [2.45, 2.75) is 146 Å². The van der Waals surface area contributed by atoms with Crippen LogP contribution in [0.25, 0.3) is 0 Å². The molecule has 2 aliphatic carbocycles. The number of aromatic nitrogens is 2. The Balaban J connectivity index is 0.000000256. The number of carbonyl (C=O) groups excluding carboxylic acids is 2. The van der Waals surface area contributed by atoms with Gasteiger partial charge in [-0.05, 0) is 118 Å². The second-order valence-corrected chi connectivity index (χ2v) is 27.4. The van der Waals surface area contributed by atoms with Crippen molar-refractivity contribution in [1.82, 2.24) is 24.7 Å². The molecule has 25 heteroatoms. The number of pyridine rings is 2. The van der Waals surface area contributed by atoms with Crippen molar-refractivity contribution in [3.8, 4) is 11.5 Å². The van der Waals surface area contributed by atoms with Crippen molar-refractivity contribution >= 4 is 99.2 Å². The van der Waals surface area contributed by atoms with Crippen molar-refractivity contribution in [2.75, 3.05) is 67.1 Å². The van der Waals surface area contributed by atoms with E-state index in [1.54, 1.807) is 43.3 Å². The van der Waals surface area contributed by atoms with Crippen LogP contribution >= 0.6 is 50.2 Å². The lowest BCUT2D eigenvalue weighted by Crippen LogP contribution is -2.44. The first-order chi connectivity index (χ1) is 36.0. The number of hydrogen-bond acceptors (Lipinski definition) is 16. The number of rotatable bonds is 13. The molecule has 80 heavy (non-hydrogen) atoms. The molecule has 0 unspecified atom stereocenters. The van der Waals surface area contributed by atoms with Crippen LogP contribution in [0.5, 0.6) is 11.5 Å². The number of piperidine rings is 2. The maximum absolute atomic E-state index is 13.3. The summed E-state index contributed by atoms with van der Waals surface area (Å²) >= 11 is 12.5. The summed E-state index contributed by atoms with van der Waals surface area (Å²) in [6, 6.07) is 18.6. The first-order valence-electron chi connectivity index (χ1n) is 26.1. The summed E-state index contributed by atoms with van der Waals surface area (Å²) in [4.78, 5) is 40.0. The average Bonchev–Trinajstić information content (AvgIpc) is 4.25. The first-order valence-corrected chi connectivity index (χ1v) is 29.8. The molecule has 2 amide bonds. The van der Waals surface area contributed by atoms with Crippen molar-refractivity contribution < 1.29 is 50.5 Å². The standard InChI is InChI=1S/C27H35ClN4O5S.C22H25ClFN3O4S.C5H11NO.CH4.2H2S/c1-25(2)11-14-31(15-12-25)20-8-7-19(28)17-21(20)37-27(9-10-27)24(33)30-38(35,36)23-6-4-5-22(29-23)32-16-13-26(3,34)18-32;1-21(2)10-12-27(13-11-21)16-7-6-15(23)14-17(16)31-22(8-9-22)20(28)26-32(29,30)19-5-3-4-18(24)25-19;1-5(7)2-3-6-4-5;;;/h4-8,17,34H,9-16,18H2,1-3H3,(H,30,33);3-7,14H,8-13H2,1-2H3,(H,26,28);6-7H,2-4H2,1H3;1H4;2*1H2/t26-;;5-;;;/m0.0.../s1. The number of benzene rings is 2. The summed E-state index contributed by atoms with van der Waals surface area (Å²) < 4.78 is 81.2. The van der Waals surface area contributed by atoms with Crippen LogP contribution in [0.15, 0.2) is 82.8 Å². The van der Waals surface area contributed by atoms with Gasteiger partial charge in [-0.15, -0.1) is 0 Å². The Hall–Kier alpha value is -4.33. The summed E-state index contributed by atoms with van der Waals surface area (Å²) in [5.74, 6) is -1.14. The van der Waals surface area contributed by atoms with Crippen LogP contribution in [0, 0.1) is 16.8 Å². The molecule has 4 aliphatic heterocycles. The van der Waals surface area contributed by atoms with Gasteiger partial charge in [-0.2, -0.15) is 48.2 Å². The molecule has 0 spiro atoms. The Bertz CT molecular complexity index is 3050. The van der Waals surface area contributed by atoms with Crippen molar-refractivity contribution in [3.05, 3.63) is 88.8 Å². The SMILES string of the molecule is C.CC1(C)CCN(c2ccc(Cl)cc2OC2(C(=O)NS(=O)(=O)c3cccc(F)n3)CC2)CC1.CC1(C)CCN(c2ccc(Cl)cc2OC2(C(=O)NS(=O)(=O)c3cccc(N4CC[C@](C)(O)C4)n3)CC2)CC1.C[C@]1(O)CCNC1.S.S. The number of aliphatic hydroxyl groups is 2. The highest BCUT2D eigenvalue weighted by Gasteiger charge is 2.56. The van der Waals surface area contributed by atoms with E-state index in [0.717, 1.165) is 94.9 Å². The molecule has 6 aliphatic rings. The Morgan fingerprint density at radius 3 is 1.39 bits per heavy atom. The van der Waals surface area contributed by atoms with E-state index in [4.69, 9.17) is 37.8 Å². The number of carbonyl (C=O) groups is 2. The number of β-amino-alcohol motifs (C(OH)–C–C–N with tert-alkyl or cyclic N) is 2. The summed E-state index contributed by atoms with van der Waals surface area (Å²) in [5.41, 5.74) is -1.68. The Labute approximate surface area is 495 Å². The van der Waals surface area contributed by atoms with Gasteiger partial charge in [0.2, 0.25) is 5.95 Å². The maximum atomic E-state index is 13.3. The van der Waals surface area contributed by atoms with E-state index >= 15 is 0 Å². The normalized spacial score (nSPS) is 22.9. The minimum absolute atomic E-state index is 0. The zero-order valence-electron chi connectivity index (χ0n) is 45.5. The van der Waals surface area contributed by atoms with Crippen LogP contribution in [0.2, 0.25) is 10.0 Å². The molecule has 0 bridgehead atoms. The highest BCUT2D eigenvalue weighted by atomic mass is 35.5. The van der Waals surface area contributed by atoms with E-state index in [1.807, 2.05) is 28.7 Å². The van der Waals surface area contributed by atoms with E-state index in [1.165, 1.54) is 12.1 Å². The van der Waals surface area contributed by atoms with E-state index in [-0.39, 0.29) is 50.3 Å². The van der Waals surface area contributed by atoms with Gasteiger partial charge in [-0.1, -0.05) is 70.5 Å². The third kappa shape index (κ3) is 16.9. The molecule has 2 saturated carbocycles. The smallest absolute Gasteiger partial charge is 0.281 e. The van der Waals surface area contributed by atoms with Crippen molar-refractivity contribution in [3.63, 3.8) is 0 Å². The fourth-order valence-electron chi connectivity index (χ4n) is 9.51. The average molecular weight is 1230 g/mol. The Morgan fingerprint density at radius 2 is 1.02 bits per heavy atom. The van der Waals surface area contributed by atoms with Crippen LogP contribution in [-0.4, -0.2) is 124 Å². The molecular formula is C55H79Cl2FN8O10S4. The molecule has 2 aromatic carbocycles. The minimum Gasteiger partial charge on any atom is -0.475 e. The van der Waals surface area contributed by atoms with Gasteiger partial charge >= 0.3 is 0 Å². The van der Waals surface area contributed by atoms with Gasteiger partial charge in [0, 0.05) is 93.7 Å².